The second kappa shape index (κ2) is 10.3. The molecule has 2 fully saturated rings. The summed E-state index contributed by atoms with van der Waals surface area (Å²) in [6.07, 6.45) is -1.87. The Morgan fingerprint density at radius 1 is 1.03 bits per heavy atom. The molecule has 178 valence electrons. The molecule has 4 rings (SSSR count). The lowest BCUT2D eigenvalue weighted by Gasteiger charge is -2.49. The number of ether oxygens (including phenoxy) is 4. The summed E-state index contributed by atoms with van der Waals surface area (Å²) in [7, 11) is -3.65. The van der Waals surface area contributed by atoms with Crippen LogP contribution in [-0.4, -0.2) is 57.8 Å². The number of fused-ring (bicyclic) bond motifs is 1. The van der Waals surface area contributed by atoms with E-state index in [1.807, 2.05) is 60.7 Å². The van der Waals surface area contributed by atoms with Crippen molar-refractivity contribution in [1.82, 2.24) is 10.0 Å². The molecule has 0 saturated carbocycles. The predicted octanol–water partition coefficient (Wildman–Crippen LogP) is 1.46. The van der Waals surface area contributed by atoms with Crippen LogP contribution in [0.3, 0.4) is 0 Å². The van der Waals surface area contributed by atoms with E-state index in [1.54, 1.807) is 0 Å². The largest absolute Gasteiger partial charge is 0.347 e. The van der Waals surface area contributed by atoms with Gasteiger partial charge in [-0.3, -0.25) is 4.79 Å². The zero-order chi connectivity index (χ0) is 23.4. The highest BCUT2D eigenvalue weighted by molar-refractivity contribution is 7.88. The van der Waals surface area contributed by atoms with E-state index in [4.69, 9.17) is 18.9 Å². The molecule has 0 unspecified atom stereocenters. The minimum Gasteiger partial charge on any atom is -0.347 e. The second-order valence-corrected chi connectivity index (χ2v) is 9.94. The van der Waals surface area contributed by atoms with E-state index in [-0.39, 0.29) is 19.1 Å². The molecule has 0 aromatic heterocycles. The summed E-state index contributed by atoms with van der Waals surface area (Å²) in [4.78, 5) is 12.0. The molecule has 2 saturated heterocycles. The van der Waals surface area contributed by atoms with Gasteiger partial charge in [0.25, 0.3) is 0 Å². The van der Waals surface area contributed by atoms with Gasteiger partial charge >= 0.3 is 0 Å². The van der Waals surface area contributed by atoms with Crippen molar-refractivity contribution in [2.75, 3.05) is 12.9 Å². The monoisotopic (exact) mass is 476 g/mol. The molecule has 2 aliphatic heterocycles. The third-order valence-corrected chi connectivity index (χ3v) is 6.15. The van der Waals surface area contributed by atoms with Gasteiger partial charge in [-0.2, -0.15) is 0 Å². The first-order valence-electron chi connectivity index (χ1n) is 10.7. The highest BCUT2D eigenvalue weighted by atomic mass is 32.2. The maximum Gasteiger partial charge on any atom is 0.217 e. The van der Waals surface area contributed by atoms with Crippen molar-refractivity contribution >= 4 is 15.9 Å². The summed E-state index contributed by atoms with van der Waals surface area (Å²) >= 11 is 0. The van der Waals surface area contributed by atoms with Crippen LogP contribution in [0, 0.1) is 0 Å². The Bertz CT molecular complexity index is 1040. The lowest BCUT2D eigenvalue weighted by atomic mass is 9.93. The first kappa shape index (κ1) is 23.8. The molecule has 2 heterocycles. The first-order chi connectivity index (χ1) is 15.8. The molecule has 0 bridgehead atoms. The van der Waals surface area contributed by atoms with Crippen LogP contribution < -0.4 is 10.0 Å². The van der Waals surface area contributed by atoms with Gasteiger partial charge in [0, 0.05) is 12.5 Å². The second-order valence-electron chi connectivity index (χ2n) is 8.16. The quantitative estimate of drug-likeness (QED) is 0.622. The van der Waals surface area contributed by atoms with E-state index in [1.165, 1.54) is 6.92 Å². The van der Waals surface area contributed by atoms with E-state index in [2.05, 4.69) is 10.0 Å². The van der Waals surface area contributed by atoms with Gasteiger partial charge in [0.05, 0.1) is 31.6 Å². The normalized spacial score (nSPS) is 29.8. The van der Waals surface area contributed by atoms with Crippen molar-refractivity contribution < 1.29 is 32.2 Å². The van der Waals surface area contributed by atoms with Crippen LogP contribution in [0.25, 0.3) is 0 Å². The van der Waals surface area contributed by atoms with Gasteiger partial charge in [0.1, 0.15) is 12.2 Å². The number of carbonyl (C=O) groups excluding carboxylic acids is 1. The summed E-state index contributed by atoms with van der Waals surface area (Å²) in [6, 6.07) is 17.2. The number of nitrogens with one attached hydrogen (secondary N) is 2. The Kier molecular flexibility index (Phi) is 7.42. The van der Waals surface area contributed by atoms with Crippen LogP contribution in [0.5, 0.6) is 0 Å². The van der Waals surface area contributed by atoms with Gasteiger partial charge in [0.2, 0.25) is 15.9 Å². The Labute approximate surface area is 193 Å². The Balaban J connectivity index is 1.60. The molecule has 33 heavy (non-hydrogen) atoms. The predicted molar refractivity (Wildman–Crippen MR) is 119 cm³/mol. The maximum absolute atomic E-state index is 12.3. The SMILES string of the molecule is CC(=O)N[C@H]1[C@@H](OCc2ccccc2)O[C@@H]2CO[C@H](c3ccccc3)O[C@H]2[C@@H]1NS(C)(=O)=O. The summed E-state index contributed by atoms with van der Waals surface area (Å²) in [5.41, 5.74) is 1.71. The molecule has 2 aliphatic rings. The van der Waals surface area contributed by atoms with E-state index in [0.717, 1.165) is 17.4 Å². The van der Waals surface area contributed by atoms with Gasteiger partial charge in [-0.25, -0.2) is 13.1 Å². The fraction of sp³-hybridized carbons (Fsp3) is 0.435. The molecule has 0 spiro atoms. The van der Waals surface area contributed by atoms with Crippen LogP contribution in [0.4, 0.5) is 0 Å². The lowest BCUT2D eigenvalue weighted by Crippen LogP contribution is -2.71. The average Bonchev–Trinajstić information content (AvgIpc) is 2.79. The Morgan fingerprint density at radius 3 is 2.33 bits per heavy atom. The lowest BCUT2D eigenvalue weighted by molar-refractivity contribution is -0.329. The zero-order valence-electron chi connectivity index (χ0n) is 18.4. The standard InChI is InChI=1S/C23H28N2O7S/c1-15(26)24-20-19(25-33(2,27)28)21-18(14-30-22(32-21)17-11-7-4-8-12-17)31-23(20)29-13-16-9-5-3-6-10-16/h3-12,18-23,25H,13-14H2,1-2H3,(H,24,26)/t18-,19-,20-,21-,22+,23+/m1/s1. The zero-order valence-corrected chi connectivity index (χ0v) is 19.2. The molecular formula is C23H28N2O7S. The fourth-order valence-electron chi connectivity index (χ4n) is 4.07. The van der Waals surface area contributed by atoms with Gasteiger partial charge in [0.15, 0.2) is 12.6 Å². The van der Waals surface area contributed by atoms with Crippen LogP contribution in [0.2, 0.25) is 0 Å². The molecule has 2 aromatic carbocycles. The Morgan fingerprint density at radius 2 is 1.70 bits per heavy atom. The van der Waals surface area contributed by atoms with E-state index in [0.29, 0.717) is 0 Å². The molecule has 2 aromatic rings. The fourth-order valence-corrected chi connectivity index (χ4v) is 4.85. The maximum atomic E-state index is 12.3. The molecule has 2 N–H and O–H groups in total. The molecule has 10 heteroatoms. The molecule has 1 amide bonds. The average molecular weight is 477 g/mol. The van der Waals surface area contributed by atoms with Crippen molar-refractivity contribution in [2.45, 2.75) is 50.4 Å². The van der Waals surface area contributed by atoms with E-state index >= 15 is 0 Å². The minimum atomic E-state index is -3.65. The topological polar surface area (TPSA) is 112 Å². The van der Waals surface area contributed by atoms with Crippen molar-refractivity contribution in [3.63, 3.8) is 0 Å². The molecule has 6 atom stereocenters. The molecule has 0 aliphatic carbocycles. The van der Waals surface area contributed by atoms with Crippen LogP contribution in [-0.2, 0) is 40.4 Å². The number of sulfonamides is 1. The highest BCUT2D eigenvalue weighted by Gasteiger charge is 2.51. The number of hydrogen-bond donors (Lipinski definition) is 2. The van der Waals surface area contributed by atoms with Crippen molar-refractivity contribution in [1.29, 1.82) is 0 Å². The number of carbonyl (C=O) groups is 1. The highest BCUT2D eigenvalue weighted by Crippen LogP contribution is 2.35. The van der Waals surface area contributed by atoms with Crippen LogP contribution >= 0.6 is 0 Å². The summed E-state index contributed by atoms with van der Waals surface area (Å²) in [5, 5.41) is 2.79. The number of amides is 1. The van der Waals surface area contributed by atoms with E-state index in [9.17, 15) is 13.2 Å². The van der Waals surface area contributed by atoms with Gasteiger partial charge < -0.3 is 24.3 Å². The first-order valence-corrected chi connectivity index (χ1v) is 12.6. The summed E-state index contributed by atoms with van der Waals surface area (Å²) < 4.78 is 51.3. The van der Waals surface area contributed by atoms with Crippen LogP contribution in [0.1, 0.15) is 24.3 Å². The Hall–Kier alpha value is -2.34. The number of rotatable bonds is 7. The molecular weight excluding hydrogens is 448 g/mol. The summed E-state index contributed by atoms with van der Waals surface area (Å²) in [5.74, 6) is -0.345. The molecule has 0 radical (unpaired) electrons. The summed E-state index contributed by atoms with van der Waals surface area (Å²) in [6.45, 7) is 1.75. The van der Waals surface area contributed by atoms with Gasteiger partial charge in [-0.15, -0.1) is 0 Å². The smallest absolute Gasteiger partial charge is 0.217 e. The van der Waals surface area contributed by atoms with Crippen molar-refractivity contribution in [3.05, 3.63) is 71.8 Å². The minimum absolute atomic E-state index is 0.171. The van der Waals surface area contributed by atoms with Crippen molar-refractivity contribution in [2.24, 2.45) is 0 Å². The van der Waals surface area contributed by atoms with E-state index < -0.39 is 46.9 Å². The number of hydrogen-bond acceptors (Lipinski definition) is 7. The van der Waals surface area contributed by atoms with Gasteiger partial charge in [-0.1, -0.05) is 60.7 Å². The van der Waals surface area contributed by atoms with Crippen molar-refractivity contribution in [3.8, 4) is 0 Å². The number of benzene rings is 2. The van der Waals surface area contributed by atoms with Gasteiger partial charge in [-0.05, 0) is 5.56 Å². The molecule has 9 nitrogen and oxygen atoms in total. The third kappa shape index (κ3) is 6.17. The van der Waals surface area contributed by atoms with Crippen LogP contribution in [0.15, 0.2) is 60.7 Å². The third-order valence-electron chi connectivity index (χ3n) is 5.45.